The average molecular weight is 539 g/mol. The molecule has 190 valence electrons. The van der Waals surface area contributed by atoms with E-state index in [1.165, 1.54) is 23.5 Å². The predicted octanol–water partition coefficient (Wildman–Crippen LogP) is 8.02. The molecule has 0 bridgehead atoms. The Morgan fingerprint density at radius 3 is 1.66 bits per heavy atom. The summed E-state index contributed by atoms with van der Waals surface area (Å²) in [7, 11) is 0. The predicted molar refractivity (Wildman–Crippen MR) is 151 cm³/mol. The van der Waals surface area contributed by atoms with Gasteiger partial charge in [-0.3, -0.25) is 14.4 Å². The first kappa shape index (κ1) is 26.0. The van der Waals surface area contributed by atoms with Crippen molar-refractivity contribution >= 4 is 41.1 Å². The van der Waals surface area contributed by atoms with Gasteiger partial charge >= 0.3 is 5.97 Å². The Morgan fingerprint density at radius 2 is 1.18 bits per heavy atom. The van der Waals surface area contributed by atoms with E-state index >= 15 is 0 Å². The number of carbonyl (C=O) groups excluding carboxylic acids is 3. The van der Waals surface area contributed by atoms with Crippen LogP contribution in [0.5, 0.6) is 5.75 Å². The fourth-order valence-electron chi connectivity index (χ4n) is 4.29. The lowest BCUT2D eigenvalue weighted by atomic mass is 9.84. The molecule has 0 aromatic heterocycles. The summed E-state index contributed by atoms with van der Waals surface area (Å²) in [6.07, 6.45) is 0.357. The number of ketones is 2. The zero-order chi connectivity index (χ0) is 26.8. The number of fused-ring (bicyclic) bond motifs is 2. The number of esters is 1. The molecule has 6 heteroatoms. The minimum atomic E-state index is -0.264. The van der Waals surface area contributed by atoms with Crippen molar-refractivity contribution in [1.82, 2.24) is 0 Å². The Hall–Kier alpha value is -3.61. The highest BCUT2D eigenvalue weighted by molar-refractivity contribution is 7.99. The fraction of sp³-hybridized carbons (Fsp3) is 0.156. The summed E-state index contributed by atoms with van der Waals surface area (Å²) in [6, 6.07) is 26.2. The molecule has 1 aliphatic carbocycles. The zero-order valence-electron chi connectivity index (χ0n) is 21.3. The molecule has 1 aliphatic rings. The smallest absolute Gasteiger partial charge is 0.311 e. The molecule has 0 fully saturated rings. The number of carbonyl (C=O) groups is 3. The molecule has 0 atom stereocenters. The second kappa shape index (κ2) is 11.0. The number of rotatable bonds is 7. The van der Waals surface area contributed by atoms with Crippen molar-refractivity contribution in [3.8, 4) is 5.75 Å². The highest BCUT2D eigenvalue weighted by atomic mass is 32.2. The zero-order valence-corrected chi connectivity index (χ0v) is 22.9. The quantitative estimate of drug-likeness (QED) is 0.154. The third-order valence-electron chi connectivity index (χ3n) is 6.10. The summed E-state index contributed by atoms with van der Waals surface area (Å²) in [5, 5.41) is 0. The van der Waals surface area contributed by atoms with E-state index in [2.05, 4.69) is 0 Å². The van der Waals surface area contributed by atoms with Crippen LogP contribution < -0.4 is 4.74 Å². The molecule has 5 rings (SSSR count). The molecule has 0 aliphatic heterocycles. The van der Waals surface area contributed by atoms with E-state index in [0.29, 0.717) is 39.3 Å². The molecule has 4 aromatic carbocycles. The lowest BCUT2D eigenvalue weighted by Crippen LogP contribution is -2.22. The summed E-state index contributed by atoms with van der Waals surface area (Å²) in [6.45, 7) is 5.97. The van der Waals surface area contributed by atoms with Crippen molar-refractivity contribution in [2.45, 2.75) is 46.8 Å². The van der Waals surface area contributed by atoms with Crippen molar-refractivity contribution in [2.75, 3.05) is 0 Å². The van der Waals surface area contributed by atoms with Crippen molar-refractivity contribution in [1.29, 1.82) is 0 Å². The van der Waals surface area contributed by atoms with Gasteiger partial charge in [0.1, 0.15) is 5.75 Å². The molecule has 0 saturated carbocycles. The van der Waals surface area contributed by atoms with Gasteiger partial charge in [-0.15, -0.1) is 0 Å². The van der Waals surface area contributed by atoms with Crippen molar-refractivity contribution < 1.29 is 19.1 Å². The highest BCUT2D eigenvalue weighted by Crippen LogP contribution is 2.41. The van der Waals surface area contributed by atoms with Gasteiger partial charge < -0.3 is 4.74 Å². The second-order valence-corrected chi connectivity index (χ2v) is 11.8. The molecule has 38 heavy (non-hydrogen) atoms. The highest BCUT2D eigenvalue weighted by Gasteiger charge is 2.33. The monoisotopic (exact) mass is 538 g/mol. The van der Waals surface area contributed by atoms with Crippen molar-refractivity contribution in [3.63, 3.8) is 0 Å². The van der Waals surface area contributed by atoms with Gasteiger partial charge in [-0.2, -0.15) is 0 Å². The second-order valence-electron chi connectivity index (χ2n) is 9.58. The molecule has 0 unspecified atom stereocenters. The van der Waals surface area contributed by atoms with Gasteiger partial charge in [-0.05, 0) is 61.4 Å². The summed E-state index contributed by atoms with van der Waals surface area (Å²) < 4.78 is 5.40. The van der Waals surface area contributed by atoms with Crippen LogP contribution in [-0.2, 0) is 4.79 Å². The van der Waals surface area contributed by atoms with Crippen molar-refractivity contribution in [2.24, 2.45) is 5.92 Å². The van der Waals surface area contributed by atoms with Crippen LogP contribution in [0.1, 0.15) is 57.7 Å². The molecule has 0 amide bonds. The molecule has 0 radical (unpaired) electrons. The van der Waals surface area contributed by atoms with Gasteiger partial charge in [0.05, 0.1) is 0 Å². The summed E-state index contributed by atoms with van der Waals surface area (Å²) >= 11 is 2.90. The number of hydrogen-bond donors (Lipinski definition) is 0. The maximum Gasteiger partial charge on any atom is 0.311 e. The summed E-state index contributed by atoms with van der Waals surface area (Å²) in [4.78, 5) is 42.8. The van der Waals surface area contributed by atoms with Crippen LogP contribution >= 0.6 is 23.5 Å². The molecule has 4 aromatic rings. The number of hydrogen-bond acceptors (Lipinski definition) is 6. The lowest BCUT2D eigenvalue weighted by molar-refractivity contribution is -0.135. The molecule has 0 saturated heterocycles. The first-order valence-corrected chi connectivity index (χ1v) is 14.0. The van der Waals surface area contributed by atoms with E-state index in [1.54, 1.807) is 24.3 Å². The third-order valence-corrected chi connectivity index (χ3v) is 8.24. The Bertz CT molecular complexity index is 1540. The molecule has 0 N–H and O–H groups in total. The van der Waals surface area contributed by atoms with Gasteiger partial charge in [0.25, 0.3) is 0 Å². The van der Waals surface area contributed by atoms with Crippen LogP contribution in [0, 0.1) is 12.8 Å². The summed E-state index contributed by atoms with van der Waals surface area (Å²) in [5.74, 6) is 0.154. The number of aryl methyl sites for hydroxylation is 1. The SMILES string of the molecule is Cc1ccc(Sc2cccc3c2C(=O)c2cccc(Sc4ccc(OC(=O)CC(C)C)cc4)c2C3=O)cc1. The largest absolute Gasteiger partial charge is 0.427 e. The van der Waals surface area contributed by atoms with Crippen LogP contribution in [0.3, 0.4) is 0 Å². The average Bonchev–Trinajstić information content (AvgIpc) is 2.89. The molecular weight excluding hydrogens is 512 g/mol. The van der Waals surface area contributed by atoms with Crippen LogP contribution in [0.25, 0.3) is 0 Å². The standard InChI is InChI=1S/C32H26O4S2/c1-19(2)18-28(33)36-21-12-16-23(17-13-21)38-27-9-5-7-25-30(27)32(35)24-6-4-8-26(29(24)31(25)34)37-22-14-10-20(3)11-15-22/h4-17,19H,18H2,1-3H3. The van der Waals surface area contributed by atoms with E-state index < -0.39 is 0 Å². The van der Waals surface area contributed by atoms with E-state index in [-0.39, 0.29) is 23.5 Å². The van der Waals surface area contributed by atoms with E-state index in [1.807, 2.05) is 81.4 Å². The fourth-order valence-corrected chi connectivity index (χ4v) is 6.25. The molecular formula is C32H26O4S2. The first-order valence-electron chi connectivity index (χ1n) is 12.4. The van der Waals surface area contributed by atoms with Crippen LogP contribution in [0.4, 0.5) is 0 Å². The van der Waals surface area contributed by atoms with Gasteiger partial charge in [0.2, 0.25) is 0 Å². The number of benzene rings is 4. The maximum absolute atomic E-state index is 13.7. The van der Waals surface area contributed by atoms with E-state index in [4.69, 9.17) is 4.74 Å². The minimum absolute atomic E-state index is 0.139. The van der Waals surface area contributed by atoms with Crippen LogP contribution in [0.15, 0.2) is 105 Å². The molecule has 0 heterocycles. The lowest BCUT2D eigenvalue weighted by Gasteiger charge is -2.22. The maximum atomic E-state index is 13.7. The van der Waals surface area contributed by atoms with Crippen LogP contribution in [0.2, 0.25) is 0 Å². The molecule has 4 nitrogen and oxygen atoms in total. The van der Waals surface area contributed by atoms with Gasteiger partial charge in [-0.1, -0.05) is 79.3 Å². The minimum Gasteiger partial charge on any atom is -0.427 e. The Balaban J connectivity index is 1.42. The van der Waals surface area contributed by atoms with E-state index in [0.717, 1.165) is 20.2 Å². The normalized spacial score (nSPS) is 12.3. The van der Waals surface area contributed by atoms with Gasteiger partial charge in [0.15, 0.2) is 11.6 Å². The number of ether oxygens (including phenoxy) is 1. The van der Waals surface area contributed by atoms with Crippen LogP contribution in [-0.4, -0.2) is 17.5 Å². The van der Waals surface area contributed by atoms with E-state index in [9.17, 15) is 14.4 Å². The Kier molecular flexibility index (Phi) is 7.54. The topological polar surface area (TPSA) is 60.4 Å². The summed E-state index contributed by atoms with van der Waals surface area (Å²) in [5.41, 5.74) is 2.91. The molecule has 0 spiro atoms. The van der Waals surface area contributed by atoms with Gasteiger partial charge in [-0.25, -0.2) is 0 Å². The van der Waals surface area contributed by atoms with Gasteiger partial charge in [0, 0.05) is 48.3 Å². The Labute approximate surface area is 230 Å². The Morgan fingerprint density at radius 1 is 0.711 bits per heavy atom. The third kappa shape index (κ3) is 5.47. The van der Waals surface area contributed by atoms with Crippen molar-refractivity contribution in [3.05, 3.63) is 113 Å². The first-order chi connectivity index (χ1) is 18.3.